The van der Waals surface area contributed by atoms with Crippen LogP contribution in [0.25, 0.3) is 0 Å². The van der Waals surface area contributed by atoms with Crippen molar-refractivity contribution in [1.29, 1.82) is 0 Å². The van der Waals surface area contributed by atoms with E-state index < -0.39 is 11.0 Å². The molecule has 2 saturated carbocycles. The Morgan fingerprint density at radius 3 is 2.43 bits per heavy atom. The minimum absolute atomic E-state index is 0.00450. The van der Waals surface area contributed by atoms with Crippen LogP contribution in [0.2, 0.25) is 0 Å². The zero-order valence-electron chi connectivity index (χ0n) is 15.1. The molecule has 0 amide bonds. The van der Waals surface area contributed by atoms with E-state index in [-0.39, 0.29) is 29.0 Å². The van der Waals surface area contributed by atoms with Gasteiger partial charge in [0.25, 0.3) is 0 Å². The van der Waals surface area contributed by atoms with Gasteiger partial charge in [-0.1, -0.05) is 34.6 Å². The van der Waals surface area contributed by atoms with Gasteiger partial charge in [0.1, 0.15) is 5.78 Å². The summed E-state index contributed by atoms with van der Waals surface area (Å²) in [5.41, 5.74) is -0.434. The van der Waals surface area contributed by atoms with Gasteiger partial charge in [0.15, 0.2) is 5.78 Å². The number of ketones is 2. The van der Waals surface area contributed by atoms with Crippen LogP contribution in [-0.2, 0) is 9.59 Å². The first kappa shape index (κ1) is 16.9. The van der Waals surface area contributed by atoms with E-state index in [0.717, 1.165) is 18.4 Å². The molecule has 3 aliphatic carbocycles. The summed E-state index contributed by atoms with van der Waals surface area (Å²) in [6.07, 6.45) is 5.37. The number of Topliss-reactive ketones (excluding diaryl/α,β-unsaturated/α-hetero) is 2. The van der Waals surface area contributed by atoms with Crippen molar-refractivity contribution in [1.82, 2.24) is 0 Å². The van der Waals surface area contributed by atoms with Crippen molar-refractivity contribution in [2.24, 2.45) is 28.6 Å². The molecule has 2 fully saturated rings. The zero-order valence-corrected chi connectivity index (χ0v) is 15.1. The van der Waals surface area contributed by atoms with Gasteiger partial charge in [0.05, 0.1) is 5.60 Å². The predicted octanol–water partition coefficient (Wildman–Crippen LogP) is 3.69. The van der Waals surface area contributed by atoms with E-state index in [1.165, 1.54) is 0 Å². The molecule has 0 spiro atoms. The fraction of sp³-hybridized carbons (Fsp3) is 0.800. The molecule has 0 bridgehead atoms. The molecule has 3 heteroatoms. The number of hydrogen-bond acceptors (Lipinski definition) is 3. The van der Waals surface area contributed by atoms with Gasteiger partial charge in [-0.15, -0.1) is 0 Å². The fourth-order valence-electron chi connectivity index (χ4n) is 5.49. The standard InChI is InChI=1S/C20H30O3/c1-12(2)20(23)9-6-14-13(11-20)15(21)10-16-18(3,4)17(22)7-8-19(14,16)5/h11-12,14,16,23H,6-10H2,1-5H3. The van der Waals surface area contributed by atoms with Crippen LogP contribution in [0.5, 0.6) is 0 Å². The second kappa shape index (κ2) is 5.02. The smallest absolute Gasteiger partial charge is 0.159 e. The maximum absolute atomic E-state index is 12.8. The SMILES string of the molecule is CC(C)C1(O)C=C2C(=O)CC3C(C)(C)C(=O)CCC3(C)C2CC1. The lowest BCUT2D eigenvalue weighted by Gasteiger charge is -2.58. The topological polar surface area (TPSA) is 54.4 Å². The molecule has 23 heavy (non-hydrogen) atoms. The van der Waals surface area contributed by atoms with Gasteiger partial charge in [0, 0.05) is 18.3 Å². The second-order valence-electron chi connectivity index (χ2n) is 9.17. The highest BCUT2D eigenvalue weighted by Gasteiger charge is 2.59. The largest absolute Gasteiger partial charge is 0.386 e. The number of rotatable bonds is 1. The summed E-state index contributed by atoms with van der Waals surface area (Å²) in [5, 5.41) is 10.8. The number of carbonyl (C=O) groups is 2. The molecular formula is C20H30O3. The van der Waals surface area contributed by atoms with Crippen LogP contribution in [-0.4, -0.2) is 22.3 Å². The third-order valence-electron chi connectivity index (χ3n) is 7.40. The molecule has 0 aliphatic heterocycles. The predicted molar refractivity (Wildman–Crippen MR) is 89.8 cm³/mol. The Hall–Kier alpha value is -0.960. The molecule has 0 saturated heterocycles. The maximum atomic E-state index is 12.8. The van der Waals surface area contributed by atoms with Gasteiger partial charge in [-0.2, -0.15) is 0 Å². The minimum atomic E-state index is -0.856. The van der Waals surface area contributed by atoms with E-state index in [2.05, 4.69) is 6.92 Å². The summed E-state index contributed by atoms with van der Waals surface area (Å²) < 4.78 is 0. The number of hydrogen-bond donors (Lipinski definition) is 1. The Labute approximate surface area is 139 Å². The monoisotopic (exact) mass is 318 g/mol. The Morgan fingerprint density at radius 2 is 1.83 bits per heavy atom. The van der Waals surface area contributed by atoms with Gasteiger partial charge in [-0.3, -0.25) is 9.59 Å². The van der Waals surface area contributed by atoms with Gasteiger partial charge >= 0.3 is 0 Å². The molecule has 4 unspecified atom stereocenters. The molecule has 0 radical (unpaired) electrons. The van der Waals surface area contributed by atoms with E-state index in [4.69, 9.17) is 0 Å². The van der Waals surface area contributed by atoms with Gasteiger partial charge in [-0.25, -0.2) is 0 Å². The summed E-state index contributed by atoms with van der Waals surface area (Å²) in [4.78, 5) is 25.2. The van der Waals surface area contributed by atoms with Crippen LogP contribution in [0.3, 0.4) is 0 Å². The second-order valence-corrected chi connectivity index (χ2v) is 9.17. The van der Waals surface area contributed by atoms with Crippen molar-refractivity contribution in [3.8, 4) is 0 Å². The summed E-state index contributed by atoms with van der Waals surface area (Å²) >= 11 is 0. The number of carbonyl (C=O) groups excluding carboxylic acids is 2. The van der Waals surface area contributed by atoms with Gasteiger partial charge in [0.2, 0.25) is 0 Å². The lowest BCUT2D eigenvalue weighted by Crippen LogP contribution is -2.56. The quantitative estimate of drug-likeness (QED) is 0.802. The summed E-state index contributed by atoms with van der Waals surface area (Å²) in [6, 6.07) is 0. The van der Waals surface area contributed by atoms with E-state index in [1.54, 1.807) is 0 Å². The Kier molecular flexibility index (Phi) is 3.68. The van der Waals surface area contributed by atoms with Crippen LogP contribution in [0.15, 0.2) is 11.6 Å². The van der Waals surface area contributed by atoms with Gasteiger partial charge < -0.3 is 5.11 Å². The Bertz CT molecular complexity index is 586. The molecule has 4 atom stereocenters. The Morgan fingerprint density at radius 1 is 1.17 bits per heavy atom. The van der Waals surface area contributed by atoms with Crippen LogP contribution in [0.1, 0.15) is 66.7 Å². The summed E-state index contributed by atoms with van der Waals surface area (Å²) in [7, 11) is 0. The zero-order chi connectivity index (χ0) is 17.2. The molecule has 3 nitrogen and oxygen atoms in total. The van der Waals surface area contributed by atoms with Crippen molar-refractivity contribution in [3.63, 3.8) is 0 Å². The fourth-order valence-corrected chi connectivity index (χ4v) is 5.49. The lowest BCUT2D eigenvalue weighted by molar-refractivity contribution is -0.150. The first-order valence-electron chi connectivity index (χ1n) is 9.04. The molecule has 0 aromatic carbocycles. The average Bonchev–Trinajstić information content (AvgIpc) is 2.47. The summed E-state index contributed by atoms with van der Waals surface area (Å²) in [5.74, 6) is 0.878. The van der Waals surface area contributed by atoms with Crippen LogP contribution in [0, 0.1) is 28.6 Å². The number of fused-ring (bicyclic) bond motifs is 3. The van der Waals surface area contributed by atoms with Crippen molar-refractivity contribution in [2.75, 3.05) is 0 Å². The average molecular weight is 318 g/mol. The van der Waals surface area contributed by atoms with Gasteiger partial charge in [-0.05, 0) is 54.1 Å². The van der Waals surface area contributed by atoms with Crippen LogP contribution in [0.4, 0.5) is 0 Å². The normalized spacial score (nSPS) is 43.0. The van der Waals surface area contributed by atoms with E-state index in [9.17, 15) is 14.7 Å². The van der Waals surface area contributed by atoms with Crippen molar-refractivity contribution in [2.45, 2.75) is 72.3 Å². The molecule has 128 valence electrons. The molecule has 0 aromatic heterocycles. The van der Waals surface area contributed by atoms with E-state index in [0.29, 0.717) is 25.0 Å². The molecular weight excluding hydrogens is 288 g/mol. The van der Waals surface area contributed by atoms with Crippen molar-refractivity contribution < 1.29 is 14.7 Å². The van der Waals surface area contributed by atoms with E-state index >= 15 is 0 Å². The highest BCUT2D eigenvalue weighted by atomic mass is 16.3. The molecule has 0 heterocycles. The minimum Gasteiger partial charge on any atom is -0.386 e. The third kappa shape index (κ3) is 2.26. The first-order chi connectivity index (χ1) is 10.5. The Balaban J connectivity index is 2.05. The first-order valence-corrected chi connectivity index (χ1v) is 9.04. The highest BCUT2D eigenvalue weighted by molar-refractivity contribution is 5.99. The van der Waals surface area contributed by atoms with Crippen molar-refractivity contribution >= 4 is 11.6 Å². The number of allylic oxidation sites excluding steroid dienone is 1. The molecule has 3 aliphatic rings. The highest BCUT2D eigenvalue weighted by Crippen LogP contribution is 2.61. The summed E-state index contributed by atoms with van der Waals surface area (Å²) in [6.45, 7) is 10.3. The van der Waals surface area contributed by atoms with Crippen LogP contribution >= 0.6 is 0 Å². The molecule has 1 N–H and O–H groups in total. The maximum Gasteiger partial charge on any atom is 0.159 e. The van der Waals surface area contributed by atoms with Crippen molar-refractivity contribution in [3.05, 3.63) is 11.6 Å². The lowest BCUT2D eigenvalue weighted by atomic mass is 9.45. The molecule has 0 aromatic rings. The molecule has 3 rings (SSSR count). The number of aliphatic hydroxyl groups is 1. The van der Waals surface area contributed by atoms with Crippen LogP contribution < -0.4 is 0 Å². The third-order valence-corrected chi connectivity index (χ3v) is 7.40. The van der Waals surface area contributed by atoms with E-state index in [1.807, 2.05) is 33.8 Å².